The van der Waals surface area contributed by atoms with Crippen LogP contribution in [0.4, 0.5) is 10.1 Å². The minimum absolute atomic E-state index is 0.201. The van der Waals surface area contributed by atoms with Crippen LogP contribution in [0, 0.1) is 17.7 Å². The van der Waals surface area contributed by atoms with Gasteiger partial charge in [-0.05, 0) is 49.3 Å². The van der Waals surface area contributed by atoms with Gasteiger partial charge in [-0.15, -0.1) is 0 Å². The number of halogens is 1. The quantitative estimate of drug-likeness (QED) is 0.870. The van der Waals surface area contributed by atoms with Gasteiger partial charge in [0.25, 0.3) is 0 Å². The summed E-state index contributed by atoms with van der Waals surface area (Å²) in [4.78, 5) is 2.18. The molecule has 3 rings (SSSR count). The fraction of sp³-hybridized carbons (Fsp3) is 0.600. The van der Waals surface area contributed by atoms with Crippen molar-refractivity contribution in [3.05, 3.63) is 29.6 Å². The van der Waals surface area contributed by atoms with Crippen LogP contribution in [0.25, 0.3) is 0 Å². The summed E-state index contributed by atoms with van der Waals surface area (Å²) in [5.41, 5.74) is 1.35. The molecule has 2 aliphatic rings. The molecule has 0 aromatic heterocycles. The molecule has 1 heterocycles. The molecule has 1 saturated heterocycles. The highest BCUT2D eigenvalue weighted by molar-refractivity contribution is 5.50. The second-order valence-electron chi connectivity index (χ2n) is 5.74. The van der Waals surface area contributed by atoms with E-state index in [0.717, 1.165) is 24.9 Å². The van der Waals surface area contributed by atoms with E-state index in [2.05, 4.69) is 4.90 Å². The Morgan fingerprint density at radius 3 is 2.50 bits per heavy atom. The maximum atomic E-state index is 14.1. The van der Waals surface area contributed by atoms with Crippen molar-refractivity contribution in [2.45, 2.75) is 32.3 Å². The molecule has 2 nitrogen and oxygen atoms in total. The van der Waals surface area contributed by atoms with E-state index in [0.29, 0.717) is 11.3 Å². The van der Waals surface area contributed by atoms with Crippen molar-refractivity contribution in [2.24, 2.45) is 11.8 Å². The van der Waals surface area contributed by atoms with E-state index in [1.54, 1.807) is 6.92 Å². The first-order chi connectivity index (χ1) is 8.65. The van der Waals surface area contributed by atoms with Gasteiger partial charge in [0.15, 0.2) is 0 Å². The highest BCUT2D eigenvalue weighted by Gasteiger charge is 2.36. The molecule has 2 fully saturated rings. The first kappa shape index (κ1) is 12.0. The molecule has 1 saturated carbocycles. The number of nitrogens with zero attached hydrogens (tertiary/aromatic N) is 1. The lowest BCUT2D eigenvalue weighted by Gasteiger charge is -2.21. The molecule has 0 amide bonds. The normalized spacial score (nSPS) is 28.5. The van der Waals surface area contributed by atoms with Crippen LogP contribution < -0.4 is 4.90 Å². The Morgan fingerprint density at radius 2 is 1.94 bits per heavy atom. The van der Waals surface area contributed by atoms with Gasteiger partial charge in [0.05, 0.1) is 11.8 Å². The molecule has 1 aliphatic carbocycles. The van der Waals surface area contributed by atoms with Crippen molar-refractivity contribution in [1.29, 1.82) is 0 Å². The minimum atomic E-state index is -0.605. The molecule has 18 heavy (non-hydrogen) atoms. The Bertz CT molecular complexity index is 434. The average Bonchev–Trinajstić information content (AvgIpc) is 2.88. The Balaban J connectivity index is 1.81. The second kappa shape index (κ2) is 4.54. The van der Waals surface area contributed by atoms with Gasteiger partial charge in [-0.2, -0.15) is 0 Å². The smallest absolute Gasteiger partial charge is 0.146 e. The molecule has 1 aliphatic heterocycles. The lowest BCUT2D eigenvalue weighted by molar-refractivity contribution is 0.199. The third-order valence-electron chi connectivity index (χ3n) is 4.52. The Hall–Kier alpha value is -1.09. The first-order valence-corrected chi connectivity index (χ1v) is 6.87. The standard InChI is InChI=1S/C15H20FNO/c1-10(18)11-5-6-15(14(16)7-11)17-8-12-3-2-4-13(12)9-17/h5-7,10,12-13,18H,2-4,8-9H2,1H3/t10-,12?,13?/m1/s1. The zero-order valence-corrected chi connectivity index (χ0v) is 10.8. The van der Waals surface area contributed by atoms with Gasteiger partial charge in [-0.1, -0.05) is 12.5 Å². The first-order valence-electron chi connectivity index (χ1n) is 6.87. The summed E-state index contributed by atoms with van der Waals surface area (Å²) in [6.07, 6.45) is 3.34. The summed E-state index contributed by atoms with van der Waals surface area (Å²) in [6.45, 7) is 3.65. The van der Waals surface area contributed by atoms with Crippen LogP contribution in [-0.2, 0) is 0 Å². The molecule has 98 valence electrons. The largest absolute Gasteiger partial charge is 0.389 e. The van der Waals surface area contributed by atoms with Crippen molar-refractivity contribution in [2.75, 3.05) is 18.0 Å². The van der Waals surface area contributed by atoms with Gasteiger partial charge < -0.3 is 10.0 Å². The highest BCUT2D eigenvalue weighted by Crippen LogP contribution is 2.40. The average molecular weight is 249 g/mol. The van der Waals surface area contributed by atoms with E-state index in [1.807, 2.05) is 12.1 Å². The van der Waals surface area contributed by atoms with Crippen molar-refractivity contribution >= 4 is 5.69 Å². The number of hydrogen-bond donors (Lipinski definition) is 1. The van der Waals surface area contributed by atoms with Crippen LogP contribution in [0.2, 0.25) is 0 Å². The van der Waals surface area contributed by atoms with E-state index in [1.165, 1.54) is 25.3 Å². The number of benzene rings is 1. The van der Waals surface area contributed by atoms with E-state index in [9.17, 15) is 9.50 Å². The van der Waals surface area contributed by atoms with E-state index in [-0.39, 0.29) is 5.82 Å². The zero-order valence-electron chi connectivity index (χ0n) is 10.8. The predicted molar refractivity (Wildman–Crippen MR) is 70.1 cm³/mol. The number of rotatable bonds is 2. The molecule has 1 aromatic carbocycles. The Morgan fingerprint density at radius 1 is 1.28 bits per heavy atom. The van der Waals surface area contributed by atoms with Gasteiger partial charge in [-0.25, -0.2) is 4.39 Å². The maximum Gasteiger partial charge on any atom is 0.146 e. The van der Waals surface area contributed by atoms with Crippen LogP contribution in [0.1, 0.15) is 37.9 Å². The van der Waals surface area contributed by atoms with Gasteiger partial charge >= 0.3 is 0 Å². The van der Waals surface area contributed by atoms with Crippen molar-refractivity contribution in [1.82, 2.24) is 0 Å². The third kappa shape index (κ3) is 2.01. The fourth-order valence-electron chi connectivity index (χ4n) is 3.47. The molecule has 3 heteroatoms. The lowest BCUT2D eigenvalue weighted by atomic mass is 10.0. The molecule has 0 bridgehead atoms. The molecular formula is C15H20FNO. The SMILES string of the molecule is C[C@@H](O)c1ccc(N2CC3CCCC3C2)c(F)c1. The van der Waals surface area contributed by atoms with Crippen LogP contribution in [0.15, 0.2) is 18.2 Å². The van der Waals surface area contributed by atoms with Crippen LogP contribution >= 0.6 is 0 Å². The zero-order chi connectivity index (χ0) is 12.7. The van der Waals surface area contributed by atoms with Gasteiger partial charge in [0, 0.05) is 13.1 Å². The minimum Gasteiger partial charge on any atom is -0.389 e. The van der Waals surface area contributed by atoms with E-state index in [4.69, 9.17) is 0 Å². The molecule has 2 unspecified atom stereocenters. The van der Waals surface area contributed by atoms with Crippen molar-refractivity contribution < 1.29 is 9.50 Å². The van der Waals surface area contributed by atoms with Gasteiger partial charge in [0.2, 0.25) is 0 Å². The maximum absolute atomic E-state index is 14.1. The summed E-state index contributed by atoms with van der Waals surface area (Å²) in [5, 5.41) is 9.46. The molecule has 0 radical (unpaired) electrons. The number of aliphatic hydroxyl groups excluding tert-OH is 1. The predicted octanol–water partition coefficient (Wildman–Crippen LogP) is 3.12. The number of hydrogen-bond acceptors (Lipinski definition) is 2. The van der Waals surface area contributed by atoms with Crippen LogP contribution in [-0.4, -0.2) is 18.2 Å². The summed E-state index contributed by atoms with van der Waals surface area (Å²) >= 11 is 0. The molecule has 1 aromatic rings. The Labute approximate surface area is 107 Å². The molecule has 0 spiro atoms. The number of aliphatic hydroxyl groups is 1. The summed E-state index contributed by atoms with van der Waals surface area (Å²) in [6, 6.07) is 5.11. The van der Waals surface area contributed by atoms with Gasteiger partial charge in [0.1, 0.15) is 5.82 Å². The molecule has 1 N–H and O–H groups in total. The van der Waals surface area contributed by atoms with E-state index >= 15 is 0 Å². The fourth-order valence-corrected chi connectivity index (χ4v) is 3.47. The third-order valence-corrected chi connectivity index (χ3v) is 4.52. The van der Waals surface area contributed by atoms with E-state index < -0.39 is 6.10 Å². The summed E-state index contributed by atoms with van der Waals surface area (Å²) in [5.74, 6) is 1.33. The topological polar surface area (TPSA) is 23.5 Å². The highest BCUT2D eigenvalue weighted by atomic mass is 19.1. The Kier molecular flexibility index (Phi) is 3.02. The van der Waals surface area contributed by atoms with Gasteiger partial charge in [-0.3, -0.25) is 0 Å². The lowest BCUT2D eigenvalue weighted by Crippen LogP contribution is -2.21. The van der Waals surface area contributed by atoms with Crippen molar-refractivity contribution in [3.63, 3.8) is 0 Å². The molecule has 3 atom stereocenters. The number of fused-ring (bicyclic) bond motifs is 1. The van der Waals surface area contributed by atoms with Crippen molar-refractivity contribution in [3.8, 4) is 0 Å². The molecular weight excluding hydrogens is 229 g/mol. The van der Waals surface area contributed by atoms with Crippen LogP contribution in [0.3, 0.4) is 0 Å². The monoisotopic (exact) mass is 249 g/mol. The van der Waals surface area contributed by atoms with Crippen LogP contribution in [0.5, 0.6) is 0 Å². The summed E-state index contributed by atoms with van der Waals surface area (Å²) in [7, 11) is 0. The number of anilines is 1. The second-order valence-corrected chi connectivity index (χ2v) is 5.74. The summed E-state index contributed by atoms with van der Waals surface area (Å²) < 4.78 is 14.1.